The van der Waals surface area contributed by atoms with Crippen molar-refractivity contribution in [1.29, 1.82) is 0 Å². The largest absolute Gasteiger partial charge is 0.493 e. The minimum absolute atomic E-state index is 0.0721. The number of rotatable bonds is 5. The molecule has 2 rings (SSSR count). The third-order valence-electron chi connectivity index (χ3n) is 3.30. The van der Waals surface area contributed by atoms with Crippen LogP contribution in [0.25, 0.3) is 0 Å². The summed E-state index contributed by atoms with van der Waals surface area (Å²) in [6, 6.07) is 10.1. The fourth-order valence-electron chi connectivity index (χ4n) is 2.21. The van der Waals surface area contributed by atoms with E-state index in [1.807, 2.05) is 44.4 Å². The third-order valence-corrected chi connectivity index (χ3v) is 3.30. The molecule has 0 fully saturated rings. The van der Waals surface area contributed by atoms with E-state index >= 15 is 0 Å². The number of aromatic nitrogens is 1. The van der Waals surface area contributed by atoms with E-state index in [-0.39, 0.29) is 6.04 Å². The predicted molar refractivity (Wildman–Crippen MR) is 79.4 cm³/mol. The van der Waals surface area contributed by atoms with Crippen LogP contribution in [-0.4, -0.2) is 26.3 Å². The monoisotopic (exact) mass is 272 g/mol. The van der Waals surface area contributed by atoms with Crippen LogP contribution in [0.3, 0.4) is 0 Å². The van der Waals surface area contributed by atoms with Gasteiger partial charge in [0.15, 0.2) is 11.5 Å². The van der Waals surface area contributed by atoms with E-state index in [1.54, 1.807) is 14.2 Å². The predicted octanol–water partition coefficient (Wildman–Crippen LogP) is 2.72. The van der Waals surface area contributed by atoms with E-state index in [2.05, 4.69) is 16.4 Å². The molecule has 4 nitrogen and oxygen atoms in total. The lowest BCUT2D eigenvalue weighted by molar-refractivity contribution is 0.354. The summed E-state index contributed by atoms with van der Waals surface area (Å²) in [4.78, 5) is 4.35. The van der Waals surface area contributed by atoms with Gasteiger partial charge < -0.3 is 14.8 Å². The molecule has 20 heavy (non-hydrogen) atoms. The third kappa shape index (κ3) is 2.91. The van der Waals surface area contributed by atoms with Crippen LogP contribution in [0.15, 0.2) is 36.5 Å². The molecule has 0 aliphatic heterocycles. The first-order chi connectivity index (χ1) is 9.69. The molecule has 0 aliphatic rings. The standard InChI is InChI=1S/C16H20N2O2/c1-11-5-6-13(10-18-11)16(17-2)12-7-8-14(19-3)15(9-12)20-4/h5-10,16-17H,1-4H3. The molecule has 4 heteroatoms. The van der Waals surface area contributed by atoms with Crippen LogP contribution in [0.5, 0.6) is 11.5 Å². The summed E-state index contributed by atoms with van der Waals surface area (Å²) in [5, 5.41) is 3.31. The molecule has 1 N–H and O–H groups in total. The quantitative estimate of drug-likeness (QED) is 0.909. The highest BCUT2D eigenvalue weighted by molar-refractivity contribution is 5.45. The van der Waals surface area contributed by atoms with Gasteiger partial charge in [-0.2, -0.15) is 0 Å². The summed E-state index contributed by atoms with van der Waals surface area (Å²) < 4.78 is 10.6. The second-order valence-electron chi connectivity index (χ2n) is 4.57. The maximum atomic E-state index is 5.36. The average molecular weight is 272 g/mol. The van der Waals surface area contributed by atoms with Gasteiger partial charge in [-0.1, -0.05) is 12.1 Å². The lowest BCUT2D eigenvalue weighted by Crippen LogP contribution is -2.18. The molecule has 0 saturated carbocycles. The lowest BCUT2D eigenvalue weighted by atomic mass is 9.99. The smallest absolute Gasteiger partial charge is 0.161 e. The lowest BCUT2D eigenvalue weighted by Gasteiger charge is -2.18. The van der Waals surface area contributed by atoms with Crippen molar-refractivity contribution in [3.05, 3.63) is 53.3 Å². The van der Waals surface area contributed by atoms with Gasteiger partial charge >= 0.3 is 0 Å². The van der Waals surface area contributed by atoms with Gasteiger partial charge in [0.05, 0.1) is 20.3 Å². The Labute approximate surface area is 119 Å². The number of nitrogens with one attached hydrogen (secondary N) is 1. The van der Waals surface area contributed by atoms with E-state index in [0.717, 1.165) is 28.3 Å². The van der Waals surface area contributed by atoms with Gasteiger partial charge in [-0.25, -0.2) is 0 Å². The average Bonchev–Trinajstić information content (AvgIpc) is 2.49. The molecule has 1 aromatic heterocycles. The van der Waals surface area contributed by atoms with Crippen molar-refractivity contribution in [3.63, 3.8) is 0 Å². The first kappa shape index (κ1) is 14.3. The molecule has 1 aromatic carbocycles. The zero-order valence-corrected chi connectivity index (χ0v) is 12.3. The van der Waals surface area contributed by atoms with Gasteiger partial charge in [0.2, 0.25) is 0 Å². The number of ether oxygens (including phenoxy) is 2. The van der Waals surface area contributed by atoms with Crippen molar-refractivity contribution >= 4 is 0 Å². The summed E-state index contributed by atoms with van der Waals surface area (Å²) in [5.41, 5.74) is 3.23. The number of benzene rings is 1. The van der Waals surface area contributed by atoms with Crippen LogP contribution in [0.1, 0.15) is 22.9 Å². The topological polar surface area (TPSA) is 43.4 Å². The van der Waals surface area contributed by atoms with Crippen molar-refractivity contribution in [3.8, 4) is 11.5 Å². The number of hydrogen-bond acceptors (Lipinski definition) is 4. The van der Waals surface area contributed by atoms with E-state index in [9.17, 15) is 0 Å². The Bertz CT molecular complexity index is 567. The highest BCUT2D eigenvalue weighted by Gasteiger charge is 2.15. The summed E-state index contributed by atoms with van der Waals surface area (Å²) in [6.07, 6.45) is 1.90. The molecule has 106 valence electrons. The first-order valence-corrected chi connectivity index (χ1v) is 6.51. The van der Waals surface area contributed by atoms with Crippen molar-refractivity contribution in [1.82, 2.24) is 10.3 Å². The van der Waals surface area contributed by atoms with E-state index in [1.165, 1.54) is 0 Å². The number of hydrogen-bond donors (Lipinski definition) is 1. The minimum Gasteiger partial charge on any atom is -0.493 e. The van der Waals surface area contributed by atoms with Gasteiger partial charge in [-0.05, 0) is 43.3 Å². The maximum absolute atomic E-state index is 5.36. The molecule has 0 spiro atoms. The van der Waals surface area contributed by atoms with Gasteiger partial charge in [0, 0.05) is 11.9 Å². The van der Waals surface area contributed by atoms with Crippen LogP contribution in [0.2, 0.25) is 0 Å². The van der Waals surface area contributed by atoms with Crippen LogP contribution >= 0.6 is 0 Å². The zero-order chi connectivity index (χ0) is 14.5. The Morgan fingerprint density at radius 2 is 1.70 bits per heavy atom. The Balaban J connectivity index is 2.39. The van der Waals surface area contributed by atoms with Gasteiger partial charge in [-0.3, -0.25) is 4.98 Å². The maximum Gasteiger partial charge on any atom is 0.161 e. The number of pyridine rings is 1. The number of nitrogens with zero attached hydrogens (tertiary/aromatic N) is 1. The Morgan fingerprint density at radius 3 is 2.25 bits per heavy atom. The Morgan fingerprint density at radius 1 is 1.00 bits per heavy atom. The first-order valence-electron chi connectivity index (χ1n) is 6.51. The molecule has 0 bridgehead atoms. The SMILES string of the molecule is CNC(c1ccc(C)nc1)c1ccc(OC)c(OC)c1. The normalized spacial score (nSPS) is 12.0. The van der Waals surface area contributed by atoms with Crippen LogP contribution < -0.4 is 14.8 Å². The van der Waals surface area contributed by atoms with Gasteiger partial charge in [-0.15, -0.1) is 0 Å². The molecular weight excluding hydrogens is 252 g/mol. The van der Waals surface area contributed by atoms with E-state index < -0.39 is 0 Å². The van der Waals surface area contributed by atoms with Crippen molar-refractivity contribution < 1.29 is 9.47 Å². The minimum atomic E-state index is 0.0721. The van der Waals surface area contributed by atoms with Crippen molar-refractivity contribution in [2.24, 2.45) is 0 Å². The summed E-state index contributed by atoms with van der Waals surface area (Å²) in [7, 11) is 5.21. The highest BCUT2D eigenvalue weighted by Crippen LogP contribution is 2.31. The number of methoxy groups -OCH3 is 2. The van der Waals surface area contributed by atoms with E-state index in [4.69, 9.17) is 9.47 Å². The summed E-state index contributed by atoms with van der Waals surface area (Å²) >= 11 is 0. The fraction of sp³-hybridized carbons (Fsp3) is 0.312. The van der Waals surface area contributed by atoms with Gasteiger partial charge in [0.25, 0.3) is 0 Å². The van der Waals surface area contributed by atoms with Crippen LogP contribution in [-0.2, 0) is 0 Å². The fourth-order valence-corrected chi connectivity index (χ4v) is 2.21. The van der Waals surface area contributed by atoms with Crippen molar-refractivity contribution in [2.75, 3.05) is 21.3 Å². The van der Waals surface area contributed by atoms with E-state index in [0.29, 0.717) is 0 Å². The van der Waals surface area contributed by atoms with Crippen molar-refractivity contribution in [2.45, 2.75) is 13.0 Å². The van der Waals surface area contributed by atoms with Gasteiger partial charge in [0.1, 0.15) is 0 Å². The van der Waals surface area contributed by atoms with Crippen LogP contribution in [0.4, 0.5) is 0 Å². The molecule has 1 heterocycles. The molecular formula is C16H20N2O2. The summed E-state index contributed by atoms with van der Waals surface area (Å²) in [6.45, 7) is 1.98. The molecule has 0 amide bonds. The Hall–Kier alpha value is -2.07. The highest BCUT2D eigenvalue weighted by atomic mass is 16.5. The molecule has 1 atom stereocenters. The Kier molecular flexibility index (Phi) is 4.58. The van der Waals surface area contributed by atoms with Crippen LogP contribution in [0, 0.1) is 6.92 Å². The second kappa shape index (κ2) is 6.39. The molecule has 0 saturated heterocycles. The second-order valence-corrected chi connectivity index (χ2v) is 4.57. The molecule has 0 aliphatic carbocycles. The molecule has 0 radical (unpaired) electrons. The number of aryl methyl sites for hydroxylation is 1. The zero-order valence-electron chi connectivity index (χ0n) is 12.3. The molecule has 2 aromatic rings. The summed E-state index contributed by atoms with van der Waals surface area (Å²) in [5.74, 6) is 1.46. The molecule has 1 unspecified atom stereocenters.